The van der Waals surface area contributed by atoms with Gasteiger partial charge in [-0.15, -0.1) is 0 Å². The maximum absolute atomic E-state index is 13.8. The van der Waals surface area contributed by atoms with Crippen molar-refractivity contribution in [3.8, 4) is 5.75 Å². The fourth-order valence-electron chi connectivity index (χ4n) is 5.04. The van der Waals surface area contributed by atoms with Gasteiger partial charge in [-0.3, -0.25) is 14.4 Å². The van der Waals surface area contributed by atoms with E-state index in [1.807, 2.05) is 30.3 Å². The van der Waals surface area contributed by atoms with Crippen LogP contribution >= 0.6 is 0 Å². The number of hydrogen-bond donors (Lipinski definition) is 6. The van der Waals surface area contributed by atoms with Crippen molar-refractivity contribution in [1.82, 2.24) is 25.9 Å². The minimum absolute atomic E-state index is 0.0107. The van der Waals surface area contributed by atoms with E-state index in [0.29, 0.717) is 16.8 Å². The van der Waals surface area contributed by atoms with E-state index in [1.54, 1.807) is 48.5 Å². The Bertz CT molecular complexity index is 1740. The summed E-state index contributed by atoms with van der Waals surface area (Å²) in [7, 11) is 0. The van der Waals surface area contributed by atoms with Crippen molar-refractivity contribution in [2.24, 2.45) is 0 Å². The molecule has 0 aliphatic rings. The van der Waals surface area contributed by atoms with Crippen molar-refractivity contribution in [2.75, 3.05) is 0 Å². The van der Waals surface area contributed by atoms with Crippen LogP contribution in [0.25, 0.3) is 12.2 Å². The Morgan fingerprint density at radius 2 is 1.41 bits per heavy atom. The summed E-state index contributed by atoms with van der Waals surface area (Å²) in [5, 5.41) is 27.7. The van der Waals surface area contributed by atoms with E-state index < -0.39 is 41.8 Å². The number of aromatic nitrogens is 2. The van der Waals surface area contributed by atoms with E-state index in [4.69, 9.17) is 0 Å². The van der Waals surface area contributed by atoms with Gasteiger partial charge < -0.3 is 31.1 Å². The van der Waals surface area contributed by atoms with Gasteiger partial charge in [0.15, 0.2) is 0 Å². The van der Waals surface area contributed by atoms with E-state index in [-0.39, 0.29) is 25.0 Å². The zero-order chi connectivity index (χ0) is 35.0. The molecular weight excluding hydrogens is 622 g/mol. The first-order valence-electron chi connectivity index (χ1n) is 16.1. The number of aromatic hydroxyl groups is 1. The molecule has 0 aliphatic carbocycles. The van der Waals surface area contributed by atoms with Crippen molar-refractivity contribution in [3.63, 3.8) is 0 Å². The zero-order valence-corrected chi connectivity index (χ0v) is 27.2. The van der Waals surface area contributed by atoms with Crippen LogP contribution in [0.1, 0.15) is 47.7 Å². The molecule has 4 rings (SSSR count). The SMILES string of the molecule is CCC/C=C/c1cccc(/C=C/C(=O)N[C@H](Cc2cnc[nH]2)C(=O)N[C@@H](Cc2ccc(O)cc2)C(=O)N[C@@H](Cc2ccccc2)C(=O)O)c1. The fraction of sp³-hybridized carbons (Fsp3) is 0.237. The molecular formula is C38H41N5O6. The number of carbonyl (C=O) groups is 4. The molecule has 11 nitrogen and oxygen atoms in total. The predicted octanol–water partition coefficient (Wildman–Crippen LogP) is 4.21. The first-order valence-corrected chi connectivity index (χ1v) is 16.1. The number of hydrogen-bond acceptors (Lipinski definition) is 6. The highest BCUT2D eigenvalue weighted by molar-refractivity contribution is 5.97. The maximum atomic E-state index is 13.8. The molecule has 3 aromatic carbocycles. The van der Waals surface area contributed by atoms with Gasteiger partial charge in [0.1, 0.15) is 23.9 Å². The largest absolute Gasteiger partial charge is 0.508 e. The molecule has 11 heteroatoms. The summed E-state index contributed by atoms with van der Waals surface area (Å²) in [5.74, 6) is -3.11. The van der Waals surface area contributed by atoms with Crippen molar-refractivity contribution < 1.29 is 29.4 Å². The lowest BCUT2D eigenvalue weighted by Gasteiger charge is -2.24. The number of unbranched alkanes of at least 4 members (excludes halogenated alkanes) is 1. The smallest absolute Gasteiger partial charge is 0.326 e. The van der Waals surface area contributed by atoms with Crippen LogP contribution in [0.3, 0.4) is 0 Å². The van der Waals surface area contributed by atoms with Crippen molar-refractivity contribution in [3.05, 3.63) is 131 Å². The summed E-state index contributed by atoms with van der Waals surface area (Å²) in [4.78, 5) is 59.6. The maximum Gasteiger partial charge on any atom is 0.326 e. The molecule has 0 saturated heterocycles. The number of aliphatic carboxylic acids is 1. The second-order valence-electron chi connectivity index (χ2n) is 11.6. The van der Waals surface area contributed by atoms with Crippen molar-refractivity contribution in [1.29, 1.82) is 0 Å². The van der Waals surface area contributed by atoms with Gasteiger partial charge in [-0.1, -0.05) is 86.2 Å². The van der Waals surface area contributed by atoms with Gasteiger partial charge in [-0.2, -0.15) is 0 Å². The van der Waals surface area contributed by atoms with Gasteiger partial charge in [0, 0.05) is 37.2 Å². The molecule has 3 atom stereocenters. The molecule has 254 valence electrons. The molecule has 0 unspecified atom stereocenters. The summed E-state index contributed by atoms with van der Waals surface area (Å²) in [6.45, 7) is 2.11. The number of phenolic OH excluding ortho intramolecular Hbond substituents is 1. The molecule has 0 saturated carbocycles. The second kappa shape index (κ2) is 18.4. The summed E-state index contributed by atoms with van der Waals surface area (Å²) < 4.78 is 0. The average molecular weight is 664 g/mol. The molecule has 0 radical (unpaired) electrons. The van der Waals surface area contributed by atoms with Crippen LogP contribution in [-0.4, -0.2) is 62.0 Å². The number of amides is 3. The number of carboxylic acid groups (broad SMARTS) is 1. The number of carbonyl (C=O) groups excluding carboxylic acids is 3. The topological polar surface area (TPSA) is 174 Å². The van der Waals surface area contributed by atoms with E-state index in [0.717, 1.165) is 24.0 Å². The number of carboxylic acids is 1. The summed E-state index contributed by atoms with van der Waals surface area (Å²) in [5.41, 5.74) is 3.70. The number of imidazole rings is 1. The molecule has 0 bridgehead atoms. The van der Waals surface area contributed by atoms with Crippen LogP contribution in [0.2, 0.25) is 0 Å². The highest BCUT2D eigenvalue weighted by Gasteiger charge is 2.30. The molecule has 1 aromatic heterocycles. The minimum atomic E-state index is -1.26. The number of allylic oxidation sites excluding steroid dienone is 1. The lowest BCUT2D eigenvalue weighted by atomic mass is 10.0. The summed E-state index contributed by atoms with van der Waals surface area (Å²) >= 11 is 0. The van der Waals surface area contributed by atoms with Crippen molar-refractivity contribution >= 4 is 35.8 Å². The number of aromatic amines is 1. The third-order valence-corrected chi connectivity index (χ3v) is 7.62. The van der Waals surface area contributed by atoms with Crippen molar-refractivity contribution in [2.45, 2.75) is 57.2 Å². The molecule has 0 spiro atoms. The first kappa shape index (κ1) is 35.9. The van der Waals surface area contributed by atoms with E-state index in [1.165, 1.54) is 30.7 Å². The third-order valence-electron chi connectivity index (χ3n) is 7.62. The Morgan fingerprint density at radius 3 is 2.06 bits per heavy atom. The zero-order valence-electron chi connectivity index (χ0n) is 27.2. The van der Waals surface area contributed by atoms with Gasteiger partial charge in [-0.05, 0) is 52.9 Å². The van der Waals surface area contributed by atoms with Gasteiger partial charge >= 0.3 is 5.97 Å². The Balaban J connectivity index is 1.52. The molecule has 4 aromatic rings. The lowest BCUT2D eigenvalue weighted by molar-refractivity contribution is -0.142. The number of nitrogens with one attached hydrogen (secondary N) is 4. The number of benzene rings is 3. The standard InChI is InChI=1S/C38H41N5O6/c1-2-3-5-9-26-12-8-13-28(20-26)16-19-35(45)41-33(23-30-24-39-25-40-30)37(47)42-32(21-29-14-17-31(44)18-15-29)36(46)43-34(38(48)49)22-27-10-6-4-7-11-27/h4-20,24-25,32-34,44H,2-3,21-23H2,1H3,(H,39,40)(H,41,45)(H,42,47)(H,43,46)(H,48,49)/b9-5+,19-16+/t32-,33+,34-/m0/s1. The van der Waals surface area contributed by atoms with Gasteiger partial charge in [0.05, 0.1) is 6.33 Å². The summed E-state index contributed by atoms with van der Waals surface area (Å²) in [6, 6.07) is 19.1. The third kappa shape index (κ3) is 12.0. The Morgan fingerprint density at radius 1 is 0.776 bits per heavy atom. The van der Waals surface area contributed by atoms with Crippen LogP contribution in [0.5, 0.6) is 5.75 Å². The normalized spacial score (nSPS) is 13.1. The van der Waals surface area contributed by atoms with E-state index in [9.17, 15) is 29.4 Å². The number of rotatable bonds is 17. The molecule has 0 fully saturated rings. The van der Waals surface area contributed by atoms with Gasteiger partial charge in [-0.25, -0.2) is 9.78 Å². The quantitative estimate of drug-likeness (QED) is 0.0918. The van der Waals surface area contributed by atoms with Gasteiger partial charge in [0.25, 0.3) is 0 Å². The van der Waals surface area contributed by atoms with Crippen LogP contribution in [-0.2, 0) is 38.4 Å². The lowest BCUT2D eigenvalue weighted by Crippen LogP contribution is -2.57. The average Bonchev–Trinajstić information content (AvgIpc) is 3.61. The number of H-pyrrole nitrogens is 1. The number of phenols is 1. The molecule has 49 heavy (non-hydrogen) atoms. The fourth-order valence-corrected chi connectivity index (χ4v) is 5.04. The molecule has 1 heterocycles. The van der Waals surface area contributed by atoms with Crippen LogP contribution < -0.4 is 16.0 Å². The Labute approximate surface area is 285 Å². The van der Waals surface area contributed by atoms with E-state index >= 15 is 0 Å². The molecule has 3 amide bonds. The number of nitrogens with zero attached hydrogens (tertiary/aromatic N) is 1. The second-order valence-corrected chi connectivity index (χ2v) is 11.6. The van der Waals surface area contributed by atoms with Crippen LogP contribution in [0.4, 0.5) is 0 Å². The van der Waals surface area contributed by atoms with Crippen LogP contribution in [0, 0.1) is 0 Å². The first-order chi connectivity index (χ1) is 23.7. The van der Waals surface area contributed by atoms with Gasteiger partial charge in [0.2, 0.25) is 17.7 Å². The molecule has 6 N–H and O–H groups in total. The van der Waals surface area contributed by atoms with E-state index in [2.05, 4.69) is 38.9 Å². The monoisotopic (exact) mass is 663 g/mol. The Hall–Kier alpha value is -5.97. The predicted molar refractivity (Wildman–Crippen MR) is 187 cm³/mol. The minimum Gasteiger partial charge on any atom is -0.508 e. The molecule has 0 aliphatic heterocycles. The highest BCUT2D eigenvalue weighted by atomic mass is 16.4. The summed E-state index contributed by atoms with van der Waals surface area (Å²) in [6.07, 6.45) is 12.2. The van der Waals surface area contributed by atoms with Crippen LogP contribution in [0.15, 0.2) is 104 Å². The highest BCUT2D eigenvalue weighted by Crippen LogP contribution is 2.13. The Kier molecular flexibility index (Phi) is 13.5.